The number of benzene rings is 1. The Kier molecular flexibility index (Phi) is 7.48. The Balaban J connectivity index is 2.59. The standard InChI is InChI=1S/C15H26N2O2/c1-4-9-18-10-8-15(17-16)13-6-5-7-14(11-13)19-12(2)3/h5-7,11-12,15,17H,4,8-10,16H2,1-3H3. The molecule has 0 aliphatic carbocycles. The van der Waals surface area contributed by atoms with Gasteiger partial charge >= 0.3 is 0 Å². The van der Waals surface area contributed by atoms with E-state index in [-0.39, 0.29) is 12.1 Å². The van der Waals surface area contributed by atoms with Gasteiger partial charge in [-0.15, -0.1) is 0 Å². The van der Waals surface area contributed by atoms with Crippen LogP contribution in [-0.4, -0.2) is 19.3 Å². The van der Waals surface area contributed by atoms with Crippen molar-refractivity contribution in [1.82, 2.24) is 5.43 Å². The van der Waals surface area contributed by atoms with E-state index in [0.717, 1.165) is 30.8 Å². The molecule has 1 atom stereocenters. The van der Waals surface area contributed by atoms with Crippen molar-refractivity contribution in [1.29, 1.82) is 0 Å². The summed E-state index contributed by atoms with van der Waals surface area (Å²) in [6, 6.07) is 8.13. The van der Waals surface area contributed by atoms with Crippen molar-refractivity contribution in [2.75, 3.05) is 13.2 Å². The van der Waals surface area contributed by atoms with Crippen molar-refractivity contribution in [3.8, 4) is 5.75 Å². The zero-order valence-corrected chi connectivity index (χ0v) is 12.2. The molecule has 4 heteroatoms. The minimum atomic E-state index is 0.0903. The Morgan fingerprint density at radius 3 is 2.68 bits per heavy atom. The highest BCUT2D eigenvalue weighted by Gasteiger charge is 2.10. The lowest BCUT2D eigenvalue weighted by Crippen LogP contribution is -2.29. The molecule has 0 heterocycles. The monoisotopic (exact) mass is 266 g/mol. The highest BCUT2D eigenvalue weighted by atomic mass is 16.5. The number of nitrogens with two attached hydrogens (primary N) is 1. The third kappa shape index (κ3) is 6.05. The van der Waals surface area contributed by atoms with E-state index in [4.69, 9.17) is 15.3 Å². The number of ether oxygens (including phenoxy) is 2. The molecule has 0 bridgehead atoms. The second-order valence-electron chi connectivity index (χ2n) is 4.86. The van der Waals surface area contributed by atoms with Crippen LogP contribution in [0, 0.1) is 0 Å². The molecule has 1 rings (SSSR count). The molecule has 3 N–H and O–H groups in total. The summed E-state index contributed by atoms with van der Waals surface area (Å²) in [5.41, 5.74) is 3.97. The van der Waals surface area contributed by atoms with Crippen molar-refractivity contribution >= 4 is 0 Å². The molecule has 0 aromatic heterocycles. The van der Waals surface area contributed by atoms with Gasteiger partial charge in [0.25, 0.3) is 0 Å². The van der Waals surface area contributed by atoms with Gasteiger partial charge in [-0.3, -0.25) is 11.3 Å². The molecule has 1 aromatic rings. The first-order chi connectivity index (χ1) is 9.17. The number of hydrogen-bond donors (Lipinski definition) is 2. The zero-order chi connectivity index (χ0) is 14.1. The summed E-state index contributed by atoms with van der Waals surface area (Å²) in [7, 11) is 0. The van der Waals surface area contributed by atoms with Crippen molar-refractivity contribution in [2.45, 2.75) is 45.8 Å². The third-order valence-electron chi connectivity index (χ3n) is 2.73. The van der Waals surface area contributed by atoms with Crippen molar-refractivity contribution in [3.05, 3.63) is 29.8 Å². The highest BCUT2D eigenvalue weighted by molar-refractivity contribution is 5.30. The number of rotatable bonds is 9. The van der Waals surface area contributed by atoms with Crippen LogP contribution in [0.15, 0.2) is 24.3 Å². The summed E-state index contributed by atoms with van der Waals surface area (Å²) < 4.78 is 11.2. The van der Waals surface area contributed by atoms with E-state index < -0.39 is 0 Å². The molecular formula is C15H26N2O2. The van der Waals surface area contributed by atoms with Gasteiger partial charge in [0.05, 0.1) is 6.10 Å². The smallest absolute Gasteiger partial charge is 0.120 e. The van der Waals surface area contributed by atoms with Gasteiger partial charge in [0.1, 0.15) is 5.75 Å². The normalized spacial score (nSPS) is 12.7. The molecule has 0 amide bonds. The number of nitrogens with one attached hydrogen (secondary N) is 1. The van der Waals surface area contributed by atoms with E-state index in [2.05, 4.69) is 18.4 Å². The first-order valence-corrected chi connectivity index (χ1v) is 6.97. The summed E-state index contributed by atoms with van der Waals surface area (Å²) in [6.07, 6.45) is 2.06. The highest BCUT2D eigenvalue weighted by Crippen LogP contribution is 2.22. The lowest BCUT2D eigenvalue weighted by atomic mass is 10.0. The van der Waals surface area contributed by atoms with Gasteiger partial charge < -0.3 is 9.47 Å². The van der Waals surface area contributed by atoms with Crippen LogP contribution >= 0.6 is 0 Å². The number of hydrazine groups is 1. The molecule has 4 nitrogen and oxygen atoms in total. The van der Waals surface area contributed by atoms with E-state index >= 15 is 0 Å². The quantitative estimate of drug-likeness (QED) is 0.410. The molecule has 0 spiro atoms. The summed E-state index contributed by atoms with van der Waals surface area (Å²) in [5.74, 6) is 6.50. The third-order valence-corrected chi connectivity index (χ3v) is 2.73. The van der Waals surface area contributed by atoms with Gasteiger partial charge in [-0.05, 0) is 44.4 Å². The molecule has 0 aliphatic rings. The SMILES string of the molecule is CCCOCCC(NN)c1cccc(OC(C)C)c1. The fourth-order valence-electron chi connectivity index (χ4n) is 1.87. The minimum Gasteiger partial charge on any atom is -0.491 e. The Hall–Kier alpha value is -1.10. The largest absolute Gasteiger partial charge is 0.491 e. The molecular weight excluding hydrogens is 240 g/mol. The minimum absolute atomic E-state index is 0.0903. The molecule has 0 radical (unpaired) electrons. The predicted octanol–water partition coefficient (Wildman–Crippen LogP) is 2.79. The van der Waals surface area contributed by atoms with Crippen LogP contribution in [0.4, 0.5) is 0 Å². The fraction of sp³-hybridized carbons (Fsp3) is 0.600. The van der Waals surface area contributed by atoms with Crippen LogP contribution in [0.2, 0.25) is 0 Å². The van der Waals surface area contributed by atoms with Crippen LogP contribution in [0.3, 0.4) is 0 Å². The molecule has 0 fully saturated rings. The van der Waals surface area contributed by atoms with Gasteiger partial charge in [0, 0.05) is 19.3 Å². The van der Waals surface area contributed by atoms with Gasteiger partial charge in [-0.25, -0.2) is 0 Å². The van der Waals surface area contributed by atoms with Crippen LogP contribution in [0.1, 0.15) is 45.2 Å². The van der Waals surface area contributed by atoms with E-state index in [1.165, 1.54) is 0 Å². The fourth-order valence-corrected chi connectivity index (χ4v) is 1.87. The maximum absolute atomic E-state index is 5.69. The Morgan fingerprint density at radius 2 is 2.05 bits per heavy atom. The van der Waals surface area contributed by atoms with Crippen molar-refractivity contribution in [2.24, 2.45) is 5.84 Å². The van der Waals surface area contributed by atoms with Gasteiger partial charge in [-0.2, -0.15) is 0 Å². The summed E-state index contributed by atoms with van der Waals surface area (Å²) in [5, 5.41) is 0. The average molecular weight is 266 g/mol. The second kappa shape index (κ2) is 8.91. The molecule has 0 saturated carbocycles. The van der Waals surface area contributed by atoms with E-state index in [0.29, 0.717) is 6.61 Å². The van der Waals surface area contributed by atoms with Crippen LogP contribution in [-0.2, 0) is 4.74 Å². The van der Waals surface area contributed by atoms with E-state index in [1.807, 2.05) is 32.0 Å². The Morgan fingerprint density at radius 1 is 1.26 bits per heavy atom. The lowest BCUT2D eigenvalue weighted by Gasteiger charge is -2.18. The van der Waals surface area contributed by atoms with Crippen LogP contribution in [0.5, 0.6) is 5.75 Å². The topological polar surface area (TPSA) is 56.5 Å². The predicted molar refractivity (Wildman–Crippen MR) is 78.0 cm³/mol. The van der Waals surface area contributed by atoms with Crippen molar-refractivity contribution < 1.29 is 9.47 Å². The summed E-state index contributed by atoms with van der Waals surface area (Å²) >= 11 is 0. The Bertz CT molecular complexity index is 356. The van der Waals surface area contributed by atoms with Gasteiger partial charge in [-0.1, -0.05) is 19.1 Å². The summed E-state index contributed by atoms with van der Waals surface area (Å²) in [4.78, 5) is 0. The number of hydrogen-bond acceptors (Lipinski definition) is 4. The Labute approximate surface area is 116 Å². The second-order valence-corrected chi connectivity index (χ2v) is 4.86. The average Bonchev–Trinajstić information content (AvgIpc) is 2.38. The van der Waals surface area contributed by atoms with Gasteiger partial charge in [0.2, 0.25) is 0 Å². The maximum Gasteiger partial charge on any atom is 0.120 e. The first kappa shape index (κ1) is 16.0. The van der Waals surface area contributed by atoms with Crippen LogP contribution in [0.25, 0.3) is 0 Å². The zero-order valence-electron chi connectivity index (χ0n) is 12.2. The van der Waals surface area contributed by atoms with E-state index in [1.54, 1.807) is 0 Å². The first-order valence-electron chi connectivity index (χ1n) is 6.97. The van der Waals surface area contributed by atoms with Crippen molar-refractivity contribution in [3.63, 3.8) is 0 Å². The van der Waals surface area contributed by atoms with Crippen LogP contribution < -0.4 is 16.0 Å². The molecule has 0 saturated heterocycles. The maximum atomic E-state index is 5.69. The molecule has 19 heavy (non-hydrogen) atoms. The summed E-state index contributed by atoms with van der Waals surface area (Å²) in [6.45, 7) is 7.64. The molecule has 108 valence electrons. The molecule has 0 aliphatic heterocycles. The molecule has 1 unspecified atom stereocenters. The van der Waals surface area contributed by atoms with Gasteiger partial charge in [0.15, 0.2) is 0 Å². The molecule has 1 aromatic carbocycles. The van der Waals surface area contributed by atoms with E-state index in [9.17, 15) is 0 Å². The lowest BCUT2D eigenvalue weighted by molar-refractivity contribution is 0.124.